The number of halogens is 1. The van der Waals surface area contributed by atoms with Gasteiger partial charge in [0.05, 0.1) is 5.69 Å². The van der Waals surface area contributed by atoms with Gasteiger partial charge < -0.3 is 4.43 Å². The van der Waals surface area contributed by atoms with Gasteiger partial charge in [-0.1, -0.05) is 20.8 Å². The van der Waals surface area contributed by atoms with E-state index in [0.29, 0.717) is 0 Å². The maximum Gasteiger partial charge on any atom is 0.250 e. The van der Waals surface area contributed by atoms with Crippen LogP contribution in [0.2, 0.25) is 18.1 Å². The molecule has 23 heavy (non-hydrogen) atoms. The molecule has 0 unspecified atom stereocenters. The van der Waals surface area contributed by atoms with E-state index in [2.05, 4.69) is 38.9 Å². The van der Waals surface area contributed by atoms with E-state index >= 15 is 0 Å². The highest BCUT2D eigenvalue weighted by molar-refractivity contribution is 6.74. The first-order valence-electron chi connectivity index (χ1n) is 7.76. The maximum atomic E-state index is 12.9. The monoisotopic (exact) mass is 329 g/mol. The lowest BCUT2D eigenvalue weighted by Crippen LogP contribution is -2.43. The molecular formula is C19H24FNOSi. The number of rotatable bonds is 4. The first-order valence-corrected chi connectivity index (χ1v) is 10.7. The molecule has 0 saturated heterocycles. The highest BCUT2D eigenvalue weighted by Gasteiger charge is 2.38. The molecule has 122 valence electrons. The molecule has 0 bridgehead atoms. The number of nitrogens with zero attached hydrogens (tertiary/aromatic N) is 1. The number of aliphatic imine (C=N–C) groups is 1. The normalized spacial score (nSPS) is 12.6. The number of benzene rings is 2. The van der Waals surface area contributed by atoms with Gasteiger partial charge in [-0.3, -0.25) is 4.99 Å². The minimum atomic E-state index is -1.81. The third-order valence-corrected chi connectivity index (χ3v) is 8.61. The Morgan fingerprint density at radius 2 is 1.52 bits per heavy atom. The molecule has 0 atom stereocenters. The summed E-state index contributed by atoms with van der Waals surface area (Å²) in [6.07, 6.45) is 1.77. The SMILES string of the molecule is CC(C)(C)[Si](C)(C)Oc1ccc(C=Nc2ccc(F)cc2)cc1. The molecule has 0 fully saturated rings. The fraction of sp³-hybridized carbons (Fsp3) is 0.316. The van der Waals surface area contributed by atoms with Crippen LogP contribution < -0.4 is 4.43 Å². The van der Waals surface area contributed by atoms with Crippen LogP contribution in [-0.4, -0.2) is 14.5 Å². The van der Waals surface area contributed by atoms with E-state index in [1.807, 2.05) is 24.3 Å². The summed E-state index contributed by atoms with van der Waals surface area (Å²) in [6.45, 7) is 11.1. The molecule has 0 heterocycles. The zero-order valence-electron chi connectivity index (χ0n) is 14.4. The molecule has 0 aliphatic rings. The Morgan fingerprint density at radius 1 is 0.957 bits per heavy atom. The molecule has 4 heteroatoms. The minimum absolute atomic E-state index is 0.176. The summed E-state index contributed by atoms with van der Waals surface area (Å²) < 4.78 is 19.1. The van der Waals surface area contributed by atoms with E-state index in [0.717, 1.165) is 17.0 Å². The molecule has 0 aliphatic carbocycles. The number of hydrogen-bond donors (Lipinski definition) is 0. The summed E-state index contributed by atoms with van der Waals surface area (Å²) in [5, 5.41) is 0.176. The van der Waals surface area contributed by atoms with Crippen LogP contribution in [0, 0.1) is 5.82 Å². The lowest BCUT2D eigenvalue weighted by atomic mass is 10.2. The van der Waals surface area contributed by atoms with Crippen molar-refractivity contribution in [1.29, 1.82) is 0 Å². The fourth-order valence-corrected chi connectivity index (χ4v) is 2.78. The van der Waals surface area contributed by atoms with Gasteiger partial charge in [0.1, 0.15) is 11.6 Å². The van der Waals surface area contributed by atoms with Crippen molar-refractivity contribution in [3.63, 3.8) is 0 Å². The van der Waals surface area contributed by atoms with Crippen LogP contribution >= 0.6 is 0 Å². The average molecular weight is 329 g/mol. The molecule has 0 spiro atoms. The van der Waals surface area contributed by atoms with Crippen molar-refractivity contribution in [2.24, 2.45) is 4.99 Å². The van der Waals surface area contributed by atoms with E-state index in [4.69, 9.17) is 4.43 Å². The topological polar surface area (TPSA) is 21.6 Å². The molecule has 0 aliphatic heterocycles. The third-order valence-electron chi connectivity index (χ3n) is 4.25. The van der Waals surface area contributed by atoms with Gasteiger partial charge in [-0.05, 0) is 72.2 Å². The van der Waals surface area contributed by atoms with Gasteiger partial charge in [0, 0.05) is 6.21 Å². The molecule has 2 aromatic rings. The maximum absolute atomic E-state index is 12.9. The van der Waals surface area contributed by atoms with Gasteiger partial charge in [-0.25, -0.2) is 4.39 Å². The minimum Gasteiger partial charge on any atom is -0.544 e. The predicted molar refractivity (Wildman–Crippen MR) is 97.9 cm³/mol. The Hall–Kier alpha value is -1.94. The Balaban J connectivity index is 2.06. The largest absolute Gasteiger partial charge is 0.544 e. The second-order valence-electron chi connectivity index (χ2n) is 7.17. The van der Waals surface area contributed by atoms with E-state index in [1.54, 1.807) is 18.3 Å². The molecular weight excluding hydrogens is 305 g/mol. The summed E-state index contributed by atoms with van der Waals surface area (Å²) >= 11 is 0. The summed E-state index contributed by atoms with van der Waals surface area (Å²) in [4.78, 5) is 4.34. The average Bonchev–Trinajstić information content (AvgIpc) is 2.47. The second kappa shape index (κ2) is 6.67. The molecule has 2 aromatic carbocycles. The third kappa shape index (κ3) is 4.76. The van der Waals surface area contributed by atoms with Gasteiger partial charge in [0.15, 0.2) is 0 Å². The lowest BCUT2D eigenvalue weighted by Gasteiger charge is -2.36. The summed E-state index contributed by atoms with van der Waals surface area (Å²) in [5.74, 6) is 0.645. The summed E-state index contributed by atoms with van der Waals surface area (Å²) in [6, 6.07) is 14.0. The molecule has 0 aromatic heterocycles. The molecule has 0 radical (unpaired) electrons. The predicted octanol–water partition coefficient (Wildman–Crippen LogP) is 5.96. The van der Waals surface area contributed by atoms with Crippen molar-refractivity contribution in [2.45, 2.75) is 38.9 Å². The van der Waals surface area contributed by atoms with Crippen molar-refractivity contribution >= 4 is 20.2 Å². The lowest BCUT2D eigenvalue weighted by molar-refractivity contribution is 0.492. The van der Waals surface area contributed by atoms with E-state index in [-0.39, 0.29) is 10.9 Å². The Bertz CT molecular complexity index is 670. The quantitative estimate of drug-likeness (QED) is 0.501. The van der Waals surface area contributed by atoms with Crippen LogP contribution in [0.25, 0.3) is 0 Å². The standard InChI is InChI=1S/C19H24FNOSi/c1-19(2,3)23(4,5)22-18-12-6-15(7-13-18)14-21-17-10-8-16(20)9-11-17/h6-14H,1-5H3. The first kappa shape index (κ1) is 17.4. The van der Waals surface area contributed by atoms with Gasteiger partial charge in [-0.2, -0.15) is 0 Å². The second-order valence-corrected chi connectivity index (χ2v) is 11.9. The summed E-state index contributed by atoms with van der Waals surface area (Å²) in [5.41, 5.74) is 1.71. The van der Waals surface area contributed by atoms with Crippen LogP contribution in [0.4, 0.5) is 10.1 Å². The number of hydrogen-bond acceptors (Lipinski definition) is 2. The van der Waals surface area contributed by atoms with E-state index < -0.39 is 8.32 Å². The van der Waals surface area contributed by atoms with Crippen molar-refractivity contribution in [1.82, 2.24) is 0 Å². The Kier molecular flexibility index (Phi) is 5.05. The highest BCUT2D eigenvalue weighted by Crippen LogP contribution is 2.37. The van der Waals surface area contributed by atoms with Crippen LogP contribution in [0.15, 0.2) is 53.5 Å². The first-order chi connectivity index (χ1) is 10.7. The van der Waals surface area contributed by atoms with Crippen LogP contribution in [0.1, 0.15) is 26.3 Å². The Morgan fingerprint density at radius 3 is 2.04 bits per heavy atom. The zero-order chi connectivity index (χ0) is 17.1. The smallest absolute Gasteiger partial charge is 0.250 e. The molecule has 0 amide bonds. The fourth-order valence-electron chi connectivity index (χ4n) is 1.75. The van der Waals surface area contributed by atoms with Crippen LogP contribution in [-0.2, 0) is 0 Å². The van der Waals surface area contributed by atoms with E-state index in [1.165, 1.54) is 12.1 Å². The van der Waals surface area contributed by atoms with Gasteiger partial charge >= 0.3 is 0 Å². The van der Waals surface area contributed by atoms with Gasteiger partial charge in [-0.15, -0.1) is 0 Å². The Labute approximate surface area is 139 Å². The summed E-state index contributed by atoms with van der Waals surface area (Å²) in [7, 11) is -1.81. The van der Waals surface area contributed by atoms with Crippen molar-refractivity contribution in [3.05, 3.63) is 59.9 Å². The zero-order valence-corrected chi connectivity index (χ0v) is 15.4. The van der Waals surface area contributed by atoms with E-state index in [9.17, 15) is 4.39 Å². The van der Waals surface area contributed by atoms with Crippen molar-refractivity contribution in [3.8, 4) is 5.75 Å². The van der Waals surface area contributed by atoms with Gasteiger partial charge in [0.2, 0.25) is 8.32 Å². The highest BCUT2D eigenvalue weighted by atomic mass is 28.4. The molecule has 0 saturated carbocycles. The van der Waals surface area contributed by atoms with Crippen molar-refractivity contribution in [2.75, 3.05) is 0 Å². The molecule has 0 N–H and O–H groups in total. The molecule has 2 rings (SSSR count). The molecule has 2 nitrogen and oxygen atoms in total. The van der Waals surface area contributed by atoms with Crippen molar-refractivity contribution < 1.29 is 8.82 Å². The van der Waals surface area contributed by atoms with Crippen LogP contribution in [0.5, 0.6) is 5.75 Å². The van der Waals surface area contributed by atoms with Crippen LogP contribution in [0.3, 0.4) is 0 Å². The van der Waals surface area contributed by atoms with Gasteiger partial charge in [0.25, 0.3) is 0 Å².